The van der Waals surface area contributed by atoms with Gasteiger partial charge in [-0.1, -0.05) is 13.8 Å². The van der Waals surface area contributed by atoms with E-state index in [0.717, 1.165) is 12.8 Å². The summed E-state index contributed by atoms with van der Waals surface area (Å²) in [5, 5.41) is 0. The molecule has 13 heavy (non-hydrogen) atoms. The lowest BCUT2D eigenvalue weighted by atomic mass is 9.72. The van der Waals surface area contributed by atoms with E-state index in [2.05, 4.69) is 0 Å². The van der Waals surface area contributed by atoms with Crippen molar-refractivity contribution in [3.63, 3.8) is 0 Å². The first-order chi connectivity index (χ1) is 6.03. The number of nitrogens with zero attached hydrogens (tertiary/aromatic N) is 1. The zero-order valence-electron chi connectivity index (χ0n) is 8.26. The second kappa shape index (κ2) is 2.91. The van der Waals surface area contributed by atoms with Gasteiger partial charge in [-0.2, -0.15) is 8.78 Å². The van der Waals surface area contributed by atoms with Crippen LogP contribution in [0.3, 0.4) is 0 Å². The van der Waals surface area contributed by atoms with Gasteiger partial charge in [0.1, 0.15) is 0 Å². The zero-order valence-corrected chi connectivity index (χ0v) is 8.26. The number of rotatable bonds is 1. The summed E-state index contributed by atoms with van der Waals surface area (Å²) < 4.78 is 27.5. The van der Waals surface area contributed by atoms with Crippen molar-refractivity contribution in [2.24, 2.45) is 17.8 Å². The molecule has 1 unspecified atom stereocenters. The lowest BCUT2D eigenvalue weighted by Gasteiger charge is -2.51. The quantitative estimate of drug-likeness (QED) is 0.573. The van der Waals surface area contributed by atoms with Crippen molar-refractivity contribution >= 4 is 0 Å². The van der Waals surface area contributed by atoms with E-state index >= 15 is 0 Å². The van der Waals surface area contributed by atoms with Gasteiger partial charge in [-0.05, 0) is 24.7 Å². The van der Waals surface area contributed by atoms with Crippen LogP contribution in [0.2, 0.25) is 0 Å². The Labute approximate surface area is 78.1 Å². The van der Waals surface area contributed by atoms with Crippen LogP contribution in [-0.4, -0.2) is 24.0 Å². The molecule has 0 amide bonds. The molecule has 3 aliphatic heterocycles. The van der Waals surface area contributed by atoms with E-state index in [1.165, 1.54) is 4.90 Å². The standard InChI is InChI=1S/C10H17F2N/c1-7(2)9-8-3-5-13(6-4-8)10(9,11)12/h7-9H,3-6H2,1-2H3. The lowest BCUT2D eigenvalue weighted by Crippen LogP contribution is -2.60. The van der Waals surface area contributed by atoms with Gasteiger partial charge in [0.25, 0.3) is 0 Å². The van der Waals surface area contributed by atoms with E-state index in [0.29, 0.717) is 13.1 Å². The summed E-state index contributed by atoms with van der Waals surface area (Å²) in [5.74, 6) is -0.0434. The molecule has 0 N–H and O–H groups in total. The van der Waals surface area contributed by atoms with Crippen LogP contribution in [-0.2, 0) is 0 Å². The Balaban J connectivity index is 2.24. The summed E-state index contributed by atoms with van der Waals surface area (Å²) >= 11 is 0. The molecule has 0 aliphatic carbocycles. The van der Waals surface area contributed by atoms with Crippen LogP contribution in [0, 0.1) is 17.8 Å². The maximum absolute atomic E-state index is 13.7. The van der Waals surface area contributed by atoms with Crippen LogP contribution in [0.4, 0.5) is 8.78 Å². The molecule has 0 radical (unpaired) electrons. The summed E-state index contributed by atoms with van der Waals surface area (Å²) in [4.78, 5) is 1.37. The van der Waals surface area contributed by atoms with E-state index < -0.39 is 12.0 Å². The Hall–Kier alpha value is -0.180. The van der Waals surface area contributed by atoms with Crippen molar-refractivity contribution in [1.82, 2.24) is 4.90 Å². The second-order valence-corrected chi connectivity index (χ2v) is 4.68. The van der Waals surface area contributed by atoms with E-state index in [1.807, 2.05) is 13.8 Å². The van der Waals surface area contributed by atoms with E-state index in [-0.39, 0.29) is 11.8 Å². The molecule has 1 atom stereocenters. The van der Waals surface area contributed by atoms with Crippen molar-refractivity contribution in [2.75, 3.05) is 13.1 Å². The SMILES string of the molecule is CC(C)C1C2CCN(CC2)C1(F)F. The van der Waals surface area contributed by atoms with E-state index in [9.17, 15) is 8.78 Å². The van der Waals surface area contributed by atoms with Crippen LogP contribution >= 0.6 is 0 Å². The summed E-state index contributed by atoms with van der Waals surface area (Å²) in [6, 6.07) is -2.53. The van der Waals surface area contributed by atoms with Crippen molar-refractivity contribution in [3.8, 4) is 0 Å². The molecule has 3 fully saturated rings. The average molecular weight is 189 g/mol. The molecule has 1 nitrogen and oxygen atoms in total. The summed E-state index contributed by atoms with van der Waals surface area (Å²) in [5.41, 5.74) is 0. The highest BCUT2D eigenvalue weighted by molar-refractivity contribution is 4.95. The molecular formula is C10H17F2N. The number of halogens is 2. The normalized spacial score (nSPS) is 42.7. The van der Waals surface area contributed by atoms with E-state index in [4.69, 9.17) is 0 Å². The molecule has 76 valence electrons. The number of piperidine rings is 3. The van der Waals surface area contributed by atoms with Crippen LogP contribution in [0.5, 0.6) is 0 Å². The van der Waals surface area contributed by atoms with Gasteiger partial charge in [-0.25, -0.2) is 4.90 Å². The van der Waals surface area contributed by atoms with Gasteiger partial charge in [-0.3, -0.25) is 0 Å². The Bertz CT molecular complexity index is 195. The fourth-order valence-electron chi connectivity index (χ4n) is 3.00. The minimum atomic E-state index is -2.53. The molecule has 3 saturated heterocycles. The third-order valence-corrected chi connectivity index (χ3v) is 3.59. The van der Waals surface area contributed by atoms with Gasteiger partial charge in [0.2, 0.25) is 0 Å². The first kappa shape index (κ1) is 9.38. The minimum Gasteiger partial charge on any atom is -0.244 e. The fraction of sp³-hybridized carbons (Fsp3) is 1.00. The van der Waals surface area contributed by atoms with Crippen LogP contribution in [0.25, 0.3) is 0 Å². The van der Waals surface area contributed by atoms with Gasteiger partial charge in [-0.15, -0.1) is 0 Å². The van der Waals surface area contributed by atoms with Gasteiger partial charge in [0, 0.05) is 19.0 Å². The average Bonchev–Trinajstić information content (AvgIpc) is 2.03. The lowest BCUT2D eigenvalue weighted by molar-refractivity contribution is -0.257. The summed E-state index contributed by atoms with van der Waals surface area (Å²) in [6.45, 7) is 5.03. The predicted octanol–water partition coefficient (Wildman–Crippen LogP) is 2.58. The van der Waals surface area contributed by atoms with Crippen molar-refractivity contribution in [3.05, 3.63) is 0 Å². The number of hydrogen-bond acceptors (Lipinski definition) is 1. The molecule has 0 spiro atoms. The Morgan fingerprint density at radius 3 is 2.08 bits per heavy atom. The molecule has 3 aliphatic rings. The van der Waals surface area contributed by atoms with Crippen molar-refractivity contribution < 1.29 is 8.78 Å². The molecule has 0 aromatic heterocycles. The highest BCUT2D eigenvalue weighted by Gasteiger charge is 2.55. The van der Waals surface area contributed by atoms with Gasteiger partial charge >= 0.3 is 6.05 Å². The van der Waals surface area contributed by atoms with Gasteiger partial charge in [0.15, 0.2) is 0 Å². The molecule has 3 heterocycles. The third kappa shape index (κ3) is 1.28. The van der Waals surface area contributed by atoms with Crippen LogP contribution in [0.1, 0.15) is 26.7 Å². The largest absolute Gasteiger partial charge is 0.308 e. The fourth-order valence-corrected chi connectivity index (χ4v) is 3.00. The van der Waals surface area contributed by atoms with Gasteiger partial charge in [0.05, 0.1) is 0 Å². The van der Waals surface area contributed by atoms with E-state index in [1.54, 1.807) is 0 Å². The highest BCUT2D eigenvalue weighted by Crippen LogP contribution is 2.48. The van der Waals surface area contributed by atoms with Crippen molar-refractivity contribution in [2.45, 2.75) is 32.7 Å². The number of hydrogen-bond donors (Lipinski definition) is 0. The second-order valence-electron chi connectivity index (χ2n) is 4.68. The van der Waals surface area contributed by atoms with Crippen LogP contribution in [0.15, 0.2) is 0 Å². The van der Waals surface area contributed by atoms with Gasteiger partial charge < -0.3 is 0 Å². The molecule has 0 aromatic carbocycles. The monoisotopic (exact) mass is 189 g/mol. The first-order valence-electron chi connectivity index (χ1n) is 5.16. The Morgan fingerprint density at radius 2 is 1.77 bits per heavy atom. The van der Waals surface area contributed by atoms with Crippen molar-refractivity contribution in [1.29, 1.82) is 0 Å². The maximum Gasteiger partial charge on any atom is 0.308 e. The molecule has 0 aromatic rings. The van der Waals surface area contributed by atoms with Crippen LogP contribution < -0.4 is 0 Å². The topological polar surface area (TPSA) is 3.24 Å². The first-order valence-corrected chi connectivity index (χ1v) is 5.16. The number of alkyl halides is 2. The zero-order chi connectivity index (χ0) is 9.64. The Kier molecular flexibility index (Phi) is 2.10. The maximum atomic E-state index is 13.7. The summed E-state index contributed by atoms with van der Waals surface area (Å²) in [6.07, 6.45) is 1.94. The molecule has 3 heteroatoms. The molecule has 3 rings (SSSR count). The predicted molar refractivity (Wildman–Crippen MR) is 47.6 cm³/mol. The molecule has 2 bridgehead atoms. The summed E-state index contributed by atoms with van der Waals surface area (Å²) in [7, 11) is 0. The third-order valence-electron chi connectivity index (χ3n) is 3.59. The molecular weight excluding hydrogens is 172 g/mol. The number of fused-ring (bicyclic) bond motifs is 3. The smallest absolute Gasteiger partial charge is 0.244 e. The Morgan fingerprint density at radius 1 is 1.23 bits per heavy atom. The highest BCUT2D eigenvalue weighted by atomic mass is 19.3. The minimum absolute atomic E-state index is 0.100. The molecule has 0 saturated carbocycles.